The molecule has 0 aromatic heterocycles. The second kappa shape index (κ2) is 7.06. The van der Waals surface area contributed by atoms with E-state index in [1.54, 1.807) is 0 Å². The highest BCUT2D eigenvalue weighted by Crippen LogP contribution is 2.37. The van der Waals surface area contributed by atoms with Gasteiger partial charge in [-0.15, -0.1) is 0 Å². The quantitative estimate of drug-likeness (QED) is 0.785. The second-order valence-corrected chi connectivity index (χ2v) is 6.00. The first-order valence-electron chi connectivity index (χ1n) is 7.69. The minimum atomic E-state index is 0.140. The SMILES string of the molecule is CCCC(NCC1(CO)CCCC1)c1ccccc1. The predicted molar refractivity (Wildman–Crippen MR) is 80.1 cm³/mol. The zero-order valence-corrected chi connectivity index (χ0v) is 12.1. The third-order valence-electron chi connectivity index (χ3n) is 4.50. The lowest BCUT2D eigenvalue weighted by Gasteiger charge is -2.30. The van der Waals surface area contributed by atoms with Crippen LogP contribution in [-0.2, 0) is 0 Å². The molecule has 0 heterocycles. The molecule has 0 saturated heterocycles. The molecular weight excluding hydrogens is 234 g/mol. The highest BCUT2D eigenvalue weighted by Gasteiger charge is 2.33. The molecular formula is C17H27NO. The fraction of sp³-hybridized carbons (Fsp3) is 0.647. The van der Waals surface area contributed by atoms with Crippen molar-refractivity contribution in [2.75, 3.05) is 13.2 Å². The lowest BCUT2D eigenvalue weighted by atomic mass is 9.86. The van der Waals surface area contributed by atoms with Crippen LogP contribution < -0.4 is 5.32 Å². The van der Waals surface area contributed by atoms with Gasteiger partial charge in [-0.05, 0) is 24.8 Å². The van der Waals surface area contributed by atoms with Gasteiger partial charge in [0.2, 0.25) is 0 Å². The number of nitrogens with one attached hydrogen (secondary N) is 1. The molecule has 2 heteroatoms. The summed E-state index contributed by atoms with van der Waals surface area (Å²) in [5.74, 6) is 0. The first-order valence-corrected chi connectivity index (χ1v) is 7.69. The Morgan fingerprint density at radius 1 is 1.21 bits per heavy atom. The Labute approximate surface area is 117 Å². The molecule has 1 saturated carbocycles. The maximum Gasteiger partial charge on any atom is 0.0499 e. The number of hydrogen-bond acceptors (Lipinski definition) is 2. The van der Waals surface area contributed by atoms with E-state index in [4.69, 9.17) is 0 Å². The van der Waals surface area contributed by atoms with Gasteiger partial charge in [-0.2, -0.15) is 0 Å². The molecule has 1 aliphatic carbocycles. The summed E-state index contributed by atoms with van der Waals surface area (Å²) in [7, 11) is 0. The topological polar surface area (TPSA) is 32.3 Å². The van der Waals surface area contributed by atoms with Gasteiger partial charge in [0.15, 0.2) is 0 Å². The van der Waals surface area contributed by atoms with Crippen LogP contribution in [0.4, 0.5) is 0 Å². The number of hydrogen-bond donors (Lipinski definition) is 2. The van der Waals surface area contributed by atoms with Crippen molar-refractivity contribution >= 4 is 0 Å². The maximum atomic E-state index is 9.69. The standard InChI is InChI=1S/C17H27NO/c1-2-8-16(15-9-4-3-5-10-15)18-13-17(14-19)11-6-7-12-17/h3-5,9-10,16,18-19H,2,6-8,11-14H2,1H3. The van der Waals surface area contributed by atoms with Gasteiger partial charge in [0.25, 0.3) is 0 Å². The molecule has 1 aromatic rings. The van der Waals surface area contributed by atoms with Crippen molar-refractivity contribution in [3.63, 3.8) is 0 Å². The van der Waals surface area contributed by atoms with Crippen LogP contribution in [0, 0.1) is 5.41 Å². The van der Waals surface area contributed by atoms with Gasteiger partial charge in [0, 0.05) is 24.6 Å². The Morgan fingerprint density at radius 3 is 2.47 bits per heavy atom. The molecule has 0 bridgehead atoms. The summed E-state index contributed by atoms with van der Waals surface area (Å²) >= 11 is 0. The summed E-state index contributed by atoms with van der Waals surface area (Å²) < 4.78 is 0. The van der Waals surface area contributed by atoms with Gasteiger partial charge in [0.1, 0.15) is 0 Å². The number of benzene rings is 1. The molecule has 2 N–H and O–H groups in total. The Bertz CT molecular complexity index is 357. The third kappa shape index (κ3) is 3.80. The molecule has 1 aliphatic rings. The zero-order valence-electron chi connectivity index (χ0n) is 12.1. The Kier molecular flexibility index (Phi) is 5.41. The van der Waals surface area contributed by atoms with E-state index in [1.165, 1.54) is 37.7 Å². The van der Waals surface area contributed by atoms with Crippen LogP contribution in [0.3, 0.4) is 0 Å². The Hall–Kier alpha value is -0.860. The molecule has 0 amide bonds. The van der Waals surface area contributed by atoms with Crippen molar-refractivity contribution in [1.82, 2.24) is 5.32 Å². The smallest absolute Gasteiger partial charge is 0.0499 e. The minimum Gasteiger partial charge on any atom is -0.396 e. The molecule has 0 radical (unpaired) electrons. The summed E-state index contributed by atoms with van der Waals surface area (Å²) in [6.07, 6.45) is 7.22. The van der Waals surface area contributed by atoms with Crippen LogP contribution in [0.1, 0.15) is 57.1 Å². The van der Waals surface area contributed by atoms with Gasteiger partial charge in [-0.1, -0.05) is 56.5 Å². The number of rotatable bonds is 7. The van der Waals surface area contributed by atoms with Crippen molar-refractivity contribution < 1.29 is 5.11 Å². The molecule has 1 fully saturated rings. The first-order chi connectivity index (χ1) is 9.29. The van der Waals surface area contributed by atoms with E-state index >= 15 is 0 Å². The van der Waals surface area contributed by atoms with Crippen molar-refractivity contribution in [2.45, 2.75) is 51.5 Å². The first kappa shape index (κ1) is 14.5. The van der Waals surface area contributed by atoms with Gasteiger partial charge in [0.05, 0.1) is 0 Å². The van der Waals surface area contributed by atoms with Crippen LogP contribution in [0.25, 0.3) is 0 Å². The van der Waals surface area contributed by atoms with Crippen LogP contribution >= 0.6 is 0 Å². The van der Waals surface area contributed by atoms with Crippen LogP contribution in [0.5, 0.6) is 0 Å². The Morgan fingerprint density at radius 2 is 1.89 bits per heavy atom. The molecule has 0 spiro atoms. The fourth-order valence-corrected chi connectivity index (χ4v) is 3.22. The number of aliphatic hydroxyl groups is 1. The molecule has 1 unspecified atom stereocenters. The van der Waals surface area contributed by atoms with Gasteiger partial charge in [-0.3, -0.25) is 0 Å². The molecule has 1 atom stereocenters. The minimum absolute atomic E-state index is 0.140. The third-order valence-corrected chi connectivity index (χ3v) is 4.50. The van der Waals surface area contributed by atoms with E-state index in [0.717, 1.165) is 13.0 Å². The number of aliphatic hydroxyl groups excluding tert-OH is 1. The fourth-order valence-electron chi connectivity index (χ4n) is 3.22. The average molecular weight is 261 g/mol. The molecule has 19 heavy (non-hydrogen) atoms. The largest absolute Gasteiger partial charge is 0.396 e. The van der Waals surface area contributed by atoms with E-state index in [1.807, 2.05) is 0 Å². The monoisotopic (exact) mass is 261 g/mol. The summed E-state index contributed by atoms with van der Waals surface area (Å²) in [6, 6.07) is 11.1. The lowest BCUT2D eigenvalue weighted by molar-refractivity contribution is 0.124. The van der Waals surface area contributed by atoms with E-state index in [9.17, 15) is 5.11 Å². The zero-order chi connectivity index (χ0) is 13.6. The van der Waals surface area contributed by atoms with E-state index in [0.29, 0.717) is 12.6 Å². The summed E-state index contributed by atoms with van der Waals surface area (Å²) in [5, 5.41) is 13.4. The highest BCUT2D eigenvalue weighted by molar-refractivity contribution is 5.18. The predicted octanol–water partition coefficient (Wildman–Crippen LogP) is 3.67. The van der Waals surface area contributed by atoms with Crippen molar-refractivity contribution in [1.29, 1.82) is 0 Å². The highest BCUT2D eigenvalue weighted by atomic mass is 16.3. The average Bonchev–Trinajstić information content (AvgIpc) is 2.94. The van der Waals surface area contributed by atoms with Gasteiger partial charge >= 0.3 is 0 Å². The second-order valence-electron chi connectivity index (χ2n) is 6.00. The van der Waals surface area contributed by atoms with Crippen molar-refractivity contribution in [3.05, 3.63) is 35.9 Å². The van der Waals surface area contributed by atoms with E-state index < -0.39 is 0 Å². The van der Waals surface area contributed by atoms with E-state index in [-0.39, 0.29) is 5.41 Å². The molecule has 0 aliphatic heterocycles. The van der Waals surface area contributed by atoms with Crippen LogP contribution in [0.15, 0.2) is 30.3 Å². The van der Waals surface area contributed by atoms with Crippen molar-refractivity contribution in [3.8, 4) is 0 Å². The van der Waals surface area contributed by atoms with Crippen LogP contribution in [0.2, 0.25) is 0 Å². The molecule has 2 nitrogen and oxygen atoms in total. The molecule has 2 rings (SSSR count). The van der Waals surface area contributed by atoms with E-state index in [2.05, 4.69) is 42.6 Å². The Balaban J connectivity index is 1.97. The van der Waals surface area contributed by atoms with Gasteiger partial charge < -0.3 is 10.4 Å². The van der Waals surface area contributed by atoms with Crippen LogP contribution in [-0.4, -0.2) is 18.3 Å². The van der Waals surface area contributed by atoms with Gasteiger partial charge in [-0.25, -0.2) is 0 Å². The maximum absolute atomic E-state index is 9.69. The van der Waals surface area contributed by atoms with Crippen molar-refractivity contribution in [2.24, 2.45) is 5.41 Å². The summed E-state index contributed by atoms with van der Waals surface area (Å²) in [5.41, 5.74) is 1.51. The summed E-state index contributed by atoms with van der Waals surface area (Å²) in [4.78, 5) is 0. The molecule has 106 valence electrons. The lowest BCUT2D eigenvalue weighted by Crippen LogP contribution is -2.37. The molecule has 1 aromatic carbocycles. The normalized spacial score (nSPS) is 19.5. The summed E-state index contributed by atoms with van der Waals surface area (Å²) in [6.45, 7) is 3.51.